The van der Waals surface area contributed by atoms with Crippen LogP contribution in [0, 0.1) is 0 Å². The average Bonchev–Trinajstić information content (AvgIpc) is 2.05. The smallest absolute Gasteiger partial charge is 0.238 e. The second-order valence-corrected chi connectivity index (χ2v) is 3.10. The fourth-order valence-electron chi connectivity index (χ4n) is 1.39. The van der Waals surface area contributed by atoms with Crippen LogP contribution in [0.3, 0.4) is 0 Å². The van der Waals surface area contributed by atoms with Crippen molar-refractivity contribution in [1.82, 2.24) is 15.5 Å². The molecule has 0 radical (unpaired) electrons. The maximum Gasteiger partial charge on any atom is 0.238 e. The van der Waals surface area contributed by atoms with Crippen molar-refractivity contribution in [2.75, 3.05) is 33.2 Å². The highest BCUT2D eigenvalue weighted by molar-refractivity contribution is 5.82. The van der Waals surface area contributed by atoms with Gasteiger partial charge in [-0.15, -0.1) is 0 Å². The molecule has 1 atom stereocenters. The predicted molar refractivity (Wildman–Crippen MR) is 52.2 cm³/mol. The second-order valence-electron chi connectivity index (χ2n) is 3.10. The van der Waals surface area contributed by atoms with Crippen molar-refractivity contribution in [2.45, 2.75) is 13.0 Å². The molecular formula is C8H21N3O. The highest BCUT2D eigenvalue weighted by Crippen LogP contribution is 1.98. The van der Waals surface area contributed by atoms with E-state index in [1.807, 2.05) is 14.0 Å². The molecule has 1 amide bonds. The van der Waals surface area contributed by atoms with E-state index in [9.17, 15) is 4.79 Å². The minimum absolute atomic E-state index is 0. The van der Waals surface area contributed by atoms with Gasteiger partial charge in [0.2, 0.25) is 5.91 Å². The third-order valence-electron chi connectivity index (χ3n) is 2.16. The van der Waals surface area contributed by atoms with Crippen LogP contribution in [0.25, 0.3) is 0 Å². The number of rotatable bonds is 2. The van der Waals surface area contributed by atoms with E-state index in [0.717, 1.165) is 19.6 Å². The van der Waals surface area contributed by atoms with E-state index in [1.54, 1.807) is 0 Å². The van der Waals surface area contributed by atoms with Crippen LogP contribution >= 0.6 is 0 Å². The quantitative estimate of drug-likeness (QED) is 0.596. The number of piperazine rings is 1. The Morgan fingerprint density at radius 2 is 2.58 bits per heavy atom. The van der Waals surface area contributed by atoms with Gasteiger partial charge in [-0.3, -0.25) is 9.69 Å². The lowest BCUT2D eigenvalue weighted by molar-refractivity contribution is -0.126. The van der Waals surface area contributed by atoms with Gasteiger partial charge >= 0.3 is 0 Å². The molecule has 1 heterocycles. The molecule has 0 bridgehead atoms. The number of likely N-dealkylation sites (N-methyl/N-ethyl adjacent to an activating group) is 2. The van der Waals surface area contributed by atoms with Crippen LogP contribution in [-0.4, -0.2) is 50.1 Å². The summed E-state index contributed by atoms with van der Waals surface area (Å²) in [5, 5.41) is 6.03. The van der Waals surface area contributed by atoms with Gasteiger partial charge in [-0.2, -0.15) is 0 Å². The molecule has 4 nitrogen and oxygen atoms in total. The van der Waals surface area contributed by atoms with E-state index in [4.69, 9.17) is 0 Å². The molecule has 1 fully saturated rings. The van der Waals surface area contributed by atoms with Crippen molar-refractivity contribution in [2.24, 2.45) is 0 Å². The number of amides is 1. The largest absolute Gasteiger partial charge is 0.355 e. The summed E-state index contributed by atoms with van der Waals surface area (Å²) in [5.41, 5.74) is 0. The summed E-state index contributed by atoms with van der Waals surface area (Å²) in [5.74, 6) is 0.132. The van der Waals surface area contributed by atoms with Gasteiger partial charge in [0.1, 0.15) is 6.04 Å². The number of nitrogens with one attached hydrogen (secondary N) is 2. The molecule has 1 unspecified atom stereocenters. The van der Waals surface area contributed by atoms with Crippen LogP contribution in [0.5, 0.6) is 0 Å². The molecule has 0 aromatic rings. The average molecular weight is 175 g/mol. The number of carbonyl (C=O) groups excluding carboxylic acids is 1. The monoisotopic (exact) mass is 175 g/mol. The van der Waals surface area contributed by atoms with Crippen molar-refractivity contribution in [3.05, 3.63) is 0 Å². The summed E-state index contributed by atoms with van der Waals surface area (Å²) in [6, 6.07) is 0.0127. The molecule has 0 spiro atoms. The molecule has 12 heavy (non-hydrogen) atoms. The normalized spacial score (nSPS) is 25.3. The van der Waals surface area contributed by atoms with Crippen LogP contribution in [0.2, 0.25) is 0 Å². The van der Waals surface area contributed by atoms with Crippen molar-refractivity contribution in [3.63, 3.8) is 0 Å². The van der Waals surface area contributed by atoms with Gasteiger partial charge in [-0.1, -0.05) is 0 Å². The van der Waals surface area contributed by atoms with Crippen molar-refractivity contribution in [3.8, 4) is 0 Å². The molecule has 0 saturated carbocycles. The van der Waals surface area contributed by atoms with E-state index in [2.05, 4.69) is 15.5 Å². The Labute approximate surface area is 76.3 Å². The molecule has 4 heteroatoms. The number of hydrogen-bond acceptors (Lipinski definition) is 3. The van der Waals surface area contributed by atoms with Gasteiger partial charge in [0, 0.05) is 29.0 Å². The van der Waals surface area contributed by atoms with Crippen LogP contribution in [0.1, 0.15) is 9.78 Å². The van der Waals surface area contributed by atoms with E-state index in [0.29, 0.717) is 6.54 Å². The van der Waals surface area contributed by atoms with Crippen molar-refractivity contribution >= 4 is 5.91 Å². The van der Waals surface area contributed by atoms with E-state index >= 15 is 0 Å². The van der Waals surface area contributed by atoms with Crippen molar-refractivity contribution in [1.29, 1.82) is 0 Å². The molecule has 0 aromatic carbocycles. The fraction of sp³-hybridized carbons (Fsp3) is 0.875. The Morgan fingerprint density at radius 3 is 3.17 bits per heavy atom. The summed E-state index contributed by atoms with van der Waals surface area (Å²) >= 11 is 0. The minimum atomic E-state index is 0. The summed E-state index contributed by atoms with van der Waals surface area (Å²) in [4.78, 5) is 13.5. The minimum Gasteiger partial charge on any atom is -0.355 e. The van der Waals surface area contributed by atoms with Gasteiger partial charge in [0.25, 0.3) is 0 Å². The molecule has 74 valence electrons. The Bertz CT molecular complexity index is 169. The summed E-state index contributed by atoms with van der Waals surface area (Å²) < 4.78 is 0. The number of nitrogens with zero attached hydrogens (tertiary/aromatic N) is 1. The predicted octanol–water partition coefficient (Wildman–Crippen LogP) is -0.482. The highest BCUT2D eigenvalue weighted by Gasteiger charge is 2.24. The summed E-state index contributed by atoms with van der Waals surface area (Å²) in [6.07, 6.45) is 0. The molecular weight excluding hydrogens is 154 g/mol. The van der Waals surface area contributed by atoms with Crippen LogP contribution in [-0.2, 0) is 4.79 Å². The second kappa shape index (κ2) is 4.42. The lowest BCUT2D eigenvalue weighted by Crippen LogP contribution is -2.56. The van der Waals surface area contributed by atoms with Gasteiger partial charge in [0.15, 0.2) is 0 Å². The molecule has 1 aliphatic heterocycles. The SMILES string of the molecule is CCNC(=O)C1CNCCN1C.[HH].[HH]. The molecule has 2 N–H and O–H groups in total. The maximum absolute atomic E-state index is 11.4. The highest BCUT2D eigenvalue weighted by atomic mass is 16.2. The topological polar surface area (TPSA) is 44.4 Å². The van der Waals surface area contributed by atoms with Gasteiger partial charge in [-0.25, -0.2) is 0 Å². The third-order valence-corrected chi connectivity index (χ3v) is 2.16. The van der Waals surface area contributed by atoms with Gasteiger partial charge < -0.3 is 10.6 Å². The first kappa shape index (κ1) is 9.48. The zero-order valence-electron chi connectivity index (χ0n) is 7.76. The van der Waals surface area contributed by atoms with E-state index < -0.39 is 0 Å². The number of carbonyl (C=O) groups is 1. The Balaban J connectivity index is 0. The van der Waals surface area contributed by atoms with Gasteiger partial charge in [-0.05, 0) is 14.0 Å². The fourth-order valence-corrected chi connectivity index (χ4v) is 1.39. The molecule has 1 aliphatic rings. The standard InChI is InChI=1S/C8H17N3O.2H2/c1-3-10-8(12)7-6-9-4-5-11(7)2;;/h7,9H,3-6H2,1-2H3,(H,10,12);2*1H. The summed E-state index contributed by atoms with van der Waals surface area (Å²) in [6.45, 7) is 5.34. The lowest BCUT2D eigenvalue weighted by atomic mass is 10.2. The number of hydrogen-bond donors (Lipinski definition) is 2. The summed E-state index contributed by atoms with van der Waals surface area (Å²) in [7, 11) is 1.99. The molecule has 1 saturated heterocycles. The van der Waals surface area contributed by atoms with Crippen molar-refractivity contribution < 1.29 is 7.65 Å². The first-order chi connectivity index (χ1) is 5.75. The van der Waals surface area contributed by atoms with Gasteiger partial charge in [0.05, 0.1) is 0 Å². The Kier molecular flexibility index (Phi) is 3.49. The Hall–Kier alpha value is -0.610. The van der Waals surface area contributed by atoms with Crippen LogP contribution < -0.4 is 10.6 Å². The van der Waals surface area contributed by atoms with Crippen LogP contribution in [0.4, 0.5) is 0 Å². The van der Waals surface area contributed by atoms with E-state index in [-0.39, 0.29) is 14.8 Å². The first-order valence-corrected chi connectivity index (χ1v) is 4.44. The first-order valence-electron chi connectivity index (χ1n) is 4.44. The van der Waals surface area contributed by atoms with E-state index in [1.165, 1.54) is 0 Å². The molecule has 1 rings (SSSR count). The molecule has 0 aliphatic carbocycles. The zero-order valence-corrected chi connectivity index (χ0v) is 7.76. The Morgan fingerprint density at radius 1 is 1.83 bits per heavy atom. The lowest BCUT2D eigenvalue weighted by Gasteiger charge is -2.31. The maximum atomic E-state index is 11.4. The van der Waals surface area contributed by atoms with Crippen LogP contribution in [0.15, 0.2) is 0 Å². The molecule has 0 aromatic heterocycles. The zero-order chi connectivity index (χ0) is 8.97. The third kappa shape index (κ3) is 2.19.